The molecule has 3 aromatic heterocycles. The lowest BCUT2D eigenvalue weighted by Crippen LogP contribution is -2.37. The van der Waals surface area contributed by atoms with Crippen LogP contribution in [0.2, 0.25) is 0 Å². The van der Waals surface area contributed by atoms with Crippen LogP contribution in [0.15, 0.2) is 56.6 Å². The minimum absolute atomic E-state index is 0.0283. The van der Waals surface area contributed by atoms with Crippen molar-refractivity contribution in [1.29, 1.82) is 0 Å². The zero-order valence-electron chi connectivity index (χ0n) is 14.5. The summed E-state index contributed by atoms with van der Waals surface area (Å²) in [5, 5.41) is 4.87. The Hall–Kier alpha value is -2.93. The van der Waals surface area contributed by atoms with Crippen molar-refractivity contribution in [3.63, 3.8) is 0 Å². The van der Waals surface area contributed by atoms with E-state index in [0.717, 1.165) is 23.8 Å². The van der Waals surface area contributed by atoms with Gasteiger partial charge in [0.1, 0.15) is 17.6 Å². The van der Waals surface area contributed by atoms with Gasteiger partial charge in [0, 0.05) is 18.0 Å². The summed E-state index contributed by atoms with van der Waals surface area (Å²) in [6.07, 6.45) is 3.48. The van der Waals surface area contributed by atoms with Gasteiger partial charge in [-0.15, -0.1) is 0 Å². The van der Waals surface area contributed by atoms with Gasteiger partial charge in [0.25, 0.3) is 5.56 Å². The first-order valence-electron chi connectivity index (χ1n) is 8.88. The standard InChI is InChI=1S/C20H17N3O3S/c24-17(23(14-5-6-14)9-13-7-8-27-11-13)10-22-12-21-18-15-3-1-2-4-16(15)26-19(18)20(22)25/h1-4,7-8,11-12,14H,5-6,9-10H2. The van der Waals surface area contributed by atoms with E-state index < -0.39 is 0 Å². The maximum atomic E-state index is 12.9. The van der Waals surface area contributed by atoms with Crippen LogP contribution >= 0.6 is 11.3 Å². The first kappa shape index (κ1) is 16.3. The number of carbonyl (C=O) groups is 1. The van der Waals surface area contributed by atoms with Crippen LogP contribution in [0.3, 0.4) is 0 Å². The molecule has 0 unspecified atom stereocenters. The highest BCUT2D eigenvalue weighted by Crippen LogP contribution is 2.29. The van der Waals surface area contributed by atoms with Gasteiger partial charge in [0.2, 0.25) is 11.5 Å². The van der Waals surface area contributed by atoms with Crippen LogP contribution < -0.4 is 5.56 Å². The molecule has 7 heteroatoms. The molecular formula is C20H17N3O3S. The summed E-state index contributed by atoms with van der Waals surface area (Å²) in [6, 6.07) is 9.72. The molecule has 6 nitrogen and oxygen atoms in total. The van der Waals surface area contributed by atoms with Gasteiger partial charge < -0.3 is 9.32 Å². The second kappa shape index (κ2) is 6.35. The van der Waals surface area contributed by atoms with Crippen molar-refractivity contribution in [3.8, 4) is 0 Å². The summed E-state index contributed by atoms with van der Waals surface area (Å²) in [6.45, 7) is 0.557. The smallest absolute Gasteiger partial charge is 0.297 e. The van der Waals surface area contributed by atoms with Crippen molar-refractivity contribution < 1.29 is 9.21 Å². The third-order valence-corrected chi connectivity index (χ3v) is 5.63. The molecule has 0 spiro atoms. The van der Waals surface area contributed by atoms with Gasteiger partial charge in [-0.1, -0.05) is 12.1 Å². The lowest BCUT2D eigenvalue weighted by molar-refractivity contribution is -0.133. The van der Waals surface area contributed by atoms with Crippen molar-refractivity contribution in [2.24, 2.45) is 0 Å². The van der Waals surface area contributed by atoms with Crippen LogP contribution in [0.4, 0.5) is 0 Å². The predicted octanol–water partition coefficient (Wildman–Crippen LogP) is 3.40. The van der Waals surface area contributed by atoms with E-state index in [4.69, 9.17) is 4.42 Å². The molecule has 5 rings (SSSR count). The van der Waals surface area contributed by atoms with Crippen LogP contribution in [0, 0.1) is 0 Å². The fourth-order valence-corrected chi connectivity index (χ4v) is 4.01. The molecule has 0 atom stereocenters. The molecule has 1 aliphatic carbocycles. The molecule has 1 fully saturated rings. The number of amides is 1. The van der Waals surface area contributed by atoms with E-state index >= 15 is 0 Å². The molecule has 0 bridgehead atoms. The molecule has 0 N–H and O–H groups in total. The molecule has 0 radical (unpaired) electrons. The quantitative estimate of drug-likeness (QED) is 0.533. The van der Waals surface area contributed by atoms with Crippen molar-refractivity contribution in [1.82, 2.24) is 14.5 Å². The number of hydrogen-bond donors (Lipinski definition) is 0. The lowest BCUT2D eigenvalue weighted by atomic mass is 10.2. The zero-order valence-corrected chi connectivity index (χ0v) is 15.3. The van der Waals surface area contributed by atoms with Crippen molar-refractivity contribution in [3.05, 3.63) is 63.3 Å². The Bertz CT molecular complexity index is 1190. The van der Waals surface area contributed by atoms with Crippen LogP contribution in [-0.2, 0) is 17.9 Å². The summed E-state index contributed by atoms with van der Waals surface area (Å²) < 4.78 is 7.03. The Labute approximate surface area is 158 Å². The minimum Gasteiger partial charge on any atom is -0.448 e. The predicted molar refractivity (Wildman–Crippen MR) is 104 cm³/mol. The molecule has 1 aliphatic rings. The second-order valence-electron chi connectivity index (χ2n) is 6.84. The maximum Gasteiger partial charge on any atom is 0.297 e. The summed E-state index contributed by atoms with van der Waals surface area (Å²) in [5.41, 5.74) is 2.16. The van der Waals surface area contributed by atoms with Crippen LogP contribution in [0.5, 0.6) is 0 Å². The molecule has 3 heterocycles. The van der Waals surface area contributed by atoms with Crippen molar-refractivity contribution >= 4 is 39.3 Å². The van der Waals surface area contributed by atoms with Gasteiger partial charge in [0.15, 0.2) is 0 Å². The fraction of sp³-hybridized carbons (Fsp3) is 0.250. The lowest BCUT2D eigenvalue weighted by Gasteiger charge is -2.22. The zero-order chi connectivity index (χ0) is 18.4. The van der Waals surface area contributed by atoms with E-state index in [2.05, 4.69) is 10.4 Å². The molecule has 4 aromatic rings. The van der Waals surface area contributed by atoms with Gasteiger partial charge in [-0.3, -0.25) is 14.2 Å². The van der Waals surface area contributed by atoms with Gasteiger partial charge in [-0.05, 0) is 47.4 Å². The van der Waals surface area contributed by atoms with E-state index in [1.807, 2.05) is 40.6 Å². The monoisotopic (exact) mass is 379 g/mol. The molecule has 1 amide bonds. The largest absolute Gasteiger partial charge is 0.448 e. The van der Waals surface area contributed by atoms with E-state index in [0.29, 0.717) is 17.6 Å². The molecule has 0 aliphatic heterocycles. The molecular weight excluding hydrogens is 362 g/mol. The first-order chi connectivity index (χ1) is 13.2. The Morgan fingerprint density at radius 2 is 2.15 bits per heavy atom. The highest BCUT2D eigenvalue weighted by Gasteiger charge is 2.32. The minimum atomic E-state index is -0.323. The Balaban J connectivity index is 1.46. The number of fused-ring (bicyclic) bond motifs is 3. The number of furan rings is 1. The topological polar surface area (TPSA) is 68.3 Å². The number of thiophene rings is 1. The van der Waals surface area contributed by atoms with E-state index in [9.17, 15) is 9.59 Å². The molecule has 1 saturated carbocycles. The third-order valence-electron chi connectivity index (χ3n) is 4.90. The number of rotatable bonds is 5. The Kier molecular flexibility index (Phi) is 3.82. The molecule has 0 saturated heterocycles. The highest BCUT2D eigenvalue weighted by atomic mass is 32.1. The molecule has 27 heavy (non-hydrogen) atoms. The highest BCUT2D eigenvalue weighted by molar-refractivity contribution is 7.07. The van der Waals surface area contributed by atoms with Crippen molar-refractivity contribution in [2.75, 3.05) is 0 Å². The number of para-hydroxylation sites is 1. The van der Waals surface area contributed by atoms with E-state index in [1.54, 1.807) is 11.3 Å². The average Bonchev–Trinajstić information content (AvgIpc) is 3.24. The normalized spacial score (nSPS) is 14.1. The molecule has 136 valence electrons. The van der Waals surface area contributed by atoms with Crippen LogP contribution in [0.1, 0.15) is 18.4 Å². The van der Waals surface area contributed by atoms with E-state index in [1.165, 1.54) is 10.9 Å². The second-order valence-corrected chi connectivity index (χ2v) is 7.62. The van der Waals surface area contributed by atoms with E-state index in [-0.39, 0.29) is 29.6 Å². The number of benzene rings is 1. The van der Waals surface area contributed by atoms with Crippen LogP contribution in [0.25, 0.3) is 22.1 Å². The maximum absolute atomic E-state index is 12.9. The Morgan fingerprint density at radius 3 is 2.93 bits per heavy atom. The third kappa shape index (κ3) is 2.94. The SMILES string of the molecule is O=C(Cn1cnc2c(oc3ccccc32)c1=O)N(Cc1ccsc1)C1CC1. The van der Waals surface area contributed by atoms with Gasteiger partial charge in [-0.25, -0.2) is 4.98 Å². The fourth-order valence-electron chi connectivity index (χ4n) is 3.35. The molecule has 1 aromatic carbocycles. The number of carbonyl (C=O) groups excluding carboxylic acids is 1. The number of nitrogens with zero attached hydrogens (tertiary/aromatic N) is 3. The van der Waals surface area contributed by atoms with Crippen molar-refractivity contribution in [2.45, 2.75) is 32.0 Å². The number of hydrogen-bond acceptors (Lipinski definition) is 5. The van der Waals surface area contributed by atoms with Crippen LogP contribution in [-0.4, -0.2) is 26.4 Å². The summed E-state index contributed by atoms with van der Waals surface area (Å²) in [5.74, 6) is -0.0666. The summed E-state index contributed by atoms with van der Waals surface area (Å²) >= 11 is 1.62. The van der Waals surface area contributed by atoms with Gasteiger partial charge in [-0.2, -0.15) is 11.3 Å². The first-order valence-corrected chi connectivity index (χ1v) is 9.82. The van der Waals surface area contributed by atoms with Gasteiger partial charge >= 0.3 is 0 Å². The van der Waals surface area contributed by atoms with Gasteiger partial charge in [0.05, 0.1) is 6.33 Å². The Morgan fingerprint density at radius 1 is 1.30 bits per heavy atom. The summed E-state index contributed by atoms with van der Waals surface area (Å²) in [4.78, 5) is 32.0. The average molecular weight is 379 g/mol. The summed E-state index contributed by atoms with van der Waals surface area (Å²) in [7, 11) is 0. The number of aromatic nitrogens is 2.